The van der Waals surface area contributed by atoms with Crippen LogP contribution in [0.1, 0.15) is 10.4 Å². The van der Waals surface area contributed by atoms with Gasteiger partial charge in [0.15, 0.2) is 9.84 Å². The number of fused-ring (bicyclic) bond motifs is 1. The second-order valence-electron chi connectivity index (χ2n) is 6.23. The lowest BCUT2D eigenvalue weighted by Crippen LogP contribution is -2.12. The number of hydrogen-bond donors (Lipinski definition) is 1. The molecule has 1 amide bonds. The second-order valence-corrected chi connectivity index (χ2v) is 8.24. The number of nitrogens with one attached hydrogen (secondary N) is 1. The number of nitrogens with zero attached hydrogens (tertiary/aromatic N) is 2. The van der Waals surface area contributed by atoms with Gasteiger partial charge in [0.2, 0.25) is 5.89 Å². The van der Waals surface area contributed by atoms with E-state index in [1.54, 1.807) is 24.3 Å². The van der Waals surface area contributed by atoms with Crippen LogP contribution in [0.15, 0.2) is 76.0 Å². The first-order valence-corrected chi connectivity index (χ1v) is 10.2. The highest BCUT2D eigenvalue weighted by molar-refractivity contribution is 7.90. The Labute approximate surface area is 160 Å². The summed E-state index contributed by atoms with van der Waals surface area (Å²) in [6, 6.07) is 19.2. The minimum atomic E-state index is -3.36. The van der Waals surface area contributed by atoms with Crippen LogP contribution >= 0.6 is 0 Å². The fraction of sp³-hybridized carbons (Fsp3) is 0.0500. The van der Waals surface area contributed by atoms with Crippen molar-refractivity contribution in [2.75, 3.05) is 11.6 Å². The average Bonchev–Trinajstić information content (AvgIpc) is 3.15. The SMILES string of the molecule is CS(=O)(=O)c1cccc(-c2nnc(NC(=O)c3ccc4ccccc4c3)o2)c1. The molecule has 7 nitrogen and oxygen atoms in total. The predicted octanol–water partition coefficient (Wildman–Crippen LogP) is 3.55. The third-order valence-electron chi connectivity index (χ3n) is 4.17. The summed E-state index contributed by atoms with van der Waals surface area (Å²) in [4.78, 5) is 12.6. The molecule has 1 aromatic heterocycles. The first-order chi connectivity index (χ1) is 13.4. The Kier molecular flexibility index (Phi) is 4.40. The van der Waals surface area contributed by atoms with Crippen LogP contribution in [0.4, 0.5) is 6.01 Å². The molecule has 0 unspecified atom stereocenters. The summed E-state index contributed by atoms with van der Waals surface area (Å²) in [5.74, 6) is -0.273. The summed E-state index contributed by atoms with van der Waals surface area (Å²) in [5, 5.41) is 12.2. The van der Waals surface area contributed by atoms with Gasteiger partial charge in [-0.2, -0.15) is 0 Å². The lowest BCUT2D eigenvalue weighted by Gasteiger charge is -2.03. The van der Waals surface area contributed by atoms with Crippen molar-refractivity contribution in [1.29, 1.82) is 0 Å². The van der Waals surface area contributed by atoms with E-state index in [9.17, 15) is 13.2 Å². The van der Waals surface area contributed by atoms with Crippen molar-refractivity contribution in [1.82, 2.24) is 10.2 Å². The highest BCUT2D eigenvalue weighted by Crippen LogP contribution is 2.23. The van der Waals surface area contributed by atoms with Crippen LogP contribution < -0.4 is 5.32 Å². The number of sulfone groups is 1. The molecule has 0 saturated carbocycles. The van der Waals surface area contributed by atoms with Gasteiger partial charge in [-0.1, -0.05) is 41.5 Å². The molecule has 0 fully saturated rings. The minimum absolute atomic E-state index is 0.0714. The molecular weight excluding hydrogens is 378 g/mol. The zero-order valence-electron chi connectivity index (χ0n) is 14.8. The third kappa shape index (κ3) is 3.63. The quantitative estimate of drug-likeness (QED) is 0.569. The first-order valence-electron chi connectivity index (χ1n) is 8.34. The third-order valence-corrected chi connectivity index (χ3v) is 5.28. The van der Waals surface area contributed by atoms with E-state index in [2.05, 4.69) is 15.5 Å². The molecule has 1 N–H and O–H groups in total. The van der Waals surface area contributed by atoms with Crippen LogP contribution in [0.2, 0.25) is 0 Å². The Hall–Kier alpha value is -3.52. The maximum Gasteiger partial charge on any atom is 0.322 e. The van der Waals surface area contributed by atoms with E-state index in [1.165, 1.54) is 12.1 Å². The molecular formula is C20H15N3O4S. The monoisotopic (exact) mass is 393 g/mol. The Bertz CT molecular complexity index is 1300. The van der Waals surface area contributed by atoms with Gasteiger partial charge in [0.05, 0.1) is 4.90 Å². The smallest absolute Gasteiger partial charge is 0.322 e. The van der Waals surface area contributed by atoms with Crippen molar-refractivity contribution < 1.29 is 17.6 Å². The normalized spacial score (nSPS) is 11.5. The van der Waals surface area contributed by atoms with E-state index < -0.39 is 9.84 Å². The molecule has 0 bridgehead atoms. The van der Waals surface area contributed by atoms with Gasteiger partial charge < -0.3 is 4.42 Å². The van der Waals surface area contributed by atoms with Crippen LogP contribution in [0, 0.1) is 0 Å². The summed E-state index contributed by atoms with van der Waals surface area (Å²) in [7, 11) is -3.36. The second kappa shape index (κ2) is 6.90. The van der Waals surface area contributed by atoms with Gasteiger partial charge in [-0.05, 0) is 41.1 Å². The Morgan fingerprint density at radius 2 is 1.71 bits per heavy atom. The number of carbonyl (C=O) groups is 1. The van der Waals surface area contributed by atoms with Crippen molar-refractivity contribution >= 4 is 32.5 Å². The van der Waals surface area contributed by atoms with Gasteiger partial charge in [-0.3, -0.25) is 10.1 Å². The van der Waals surface area contributed by atoms with Crippen molar-refractivity contribution in [2.45, 2.75) is 4.90 Å². The van der Waals surface area contributed by atoms with Gasteiger partial charge >= 0.3 is 6.01 Å². The number of hydrogen-bond acceptors (Lipinski definition) is 6. The summed E-state index contributed by atoms with van der Waals surface area (Å²) >= 11 is 0. The maximum absolute atomic E-state index is 12.5. The van der Waals surface area contributed by atoms with E-state index in [0.29, 0.717) is 11.1 Å². The molecule has 0 saturated heterocycles. The van der Waals surface area contributed by atoms with Crippen LogP contribution in [0.25, 0.3) is 22.2 Å². The first kappa shape index (κ1) is 17.9. The average molecular weight is 393 g/mol. The molecule has 4 rings (SSSR count). The zero-order valence-corrected chi connectivity index (χ0v) is 15.6. The maximum atomic E-state index is 12.5. The van der Waals surface area contributed by atoms with Crippen LogP contribution in [-0.2, 0) is 9.84 Å². The summed E-state index contributed by atoms with van der Waals surface area (Å²) < 4.78 is 28.9. The lowest BCUT2D eigenvalue weighted by molar-refractivity contribution is 0.102. The molecule has 28 heavy (non-hydrogen) atoms. The fourth-order valence-electron chi connectivity index (χ4n) is 2.75. The Balaban J connectivity index is 1.57. The molecule has 8 heteroatoms. The van der Waals surface area contributed by atoms with E-state index in [4.69, 9.17) is 4.42 Å². The highest BCUT2D eigenvalue weighted by atomic mass is 32.2. The standard InChI is InChI=1S/C20H15N3O4S/c1-28(25,26)17-8-4-7-16(12-17)19-22-23-20(27-19)21-18(24)15-10-9-13-5-2-3-6-14(13)11-15/h2-12H,1H3,(H,21,23,24). The Morgan fingerprint density at radius 1 is 0.929 bits per heavy atom. The number of aromatic nitrogens is 2. The number of rotatable bonds is 4. The molecule has 0 spiro atoms. The van der Waals surface area contributed by atoms with Gasteiger partial charge in [0.1, 0.15) is 0 Å². The van der Waals surface area contributed by atoms with E-state index >= 15 is 0 Å². The van der Waals surface area contributed by atoms with Gasteiger partial charge in [-0.15, -0.1) is 5.10 Å². The summed E-state index contributed by atoms with van der Waals surface area (Å²) in [5.41, 5.74) is 0.902. The molecule has 140 valence electrons. The molecule has 3 aromatic carbocycles. The molecule has 0 radical (unpaired) electrons. The molecule has 0 aliphatic heterocycles. The predicted molar refractivity (Wildman–Crippen MR) is 105 cm³/mol. The largest absolute Gasteiger partial charge is 0.403 e. The van der Waals surface area contributed by atoms with Crippen molar-refractivity contribution in [3.8, 4) is 11.5 Å². The molecule has 0 aliphatic rings. The van der Waals surface area contributed by atoms with Crippen LogP contribution in [0.5, 0.6) is 0 Å². The molecule has 0 atom stereocenters. The van der Waals surface area contributed by atoms with Crippen LogP contribution in [-0.4, -0.2) is 30.8 Å². The topological polar surface area (TPSA) is 102 Å². The van der Waals surface area contributed by atoms with Crippen LogP contribution in [0.3, 0.4) is 0 Å². The van der Waals surface area contributed by atoms with E-state index in [1.807, 2.05) is 30.3 Å². The highest BCUT2D eigenvalue weighted by Gasteiger charge is 2.15. The van der Waals surface area contributed by atoms with Gasteiger partial charge in [0, 0.05) is 17.4 Å². The van der Waals surface area contributed by atoms with Crippen molar-refractivity contribution in [3.63, 3.8) is 0 Å². The number of carbonyl (C=O) groups excluding carboxylic acids is 1. The Morgan fingerprint density at radius 3 is 2.50 bits per heavy atom. The van der Waals surface area contributed by atoms with E-state index in [-0.39, 0.29) is 22.7 Å². The summed E-state index contributed by atoms with van der Waals surface area (Å²) in [6.07, 6.45) is 1.12. The summed E-state index contributed by atoms with van der Waals surface area (Å²) in [6.45, 7) is 0. The number of anilines is 1. The molecule has 1 heterocycles. The lowest BCUT2D eigenvalue weighted by atomic mass is 10.1. The van der Waals surface area contributed by atoms with Crippen molar-refractivity contribution in [3.05, 3.63) is 72.3 Å². The van der Waals surface area contributed by atoms with Gasteiger partial charge in [0.25, 0.3) is 5.91 Å². The van der Waals surface area contributed by atoms with Gasteiger partial charge in [-0.25, -0.2) is 8.42 Å². The number of benzene rings is 3. The minimum Gasteiger partial charge on any atom is -0.403 e. The number of amides is 1. The van der Waals surface area contributed by atoms with Crippen molar-refractivity contribution in [2.24, 2.45) is 0 Å². The zero-order chi connectivity index (χ0) is 19.7. The van der Waals surface area contributed by atoms with E-state index in [0.717, 1.165) is 17.0 Å². The fourth-order valence-corrected chi connectivity index (χ4v) is 3.42. The molecule has 4 aromatic rings. The molecule has 0 aliphatic carbocycles.